The molecule has 1 amide bonds. The van der Waals surface area contributed by atoms with Crippen LogP contribution in [0.4, 0.5) is 19.3 Å². The molecule has 1 aliphatic rings. The van der Waals surface area contributed by atoms with Gasteiger partial charge in [-0.3, -0.25) is 0 Å². The van der Waals surface area contributed by atoms with Crippen molar-refractivity contribution in [3.63, 3.8) is 0 Å². The van der Waals surface area contributed by atoms with Crippen LogP contribution in [0.25, 0.3) is 0 Å². The summed E-state index contributed by atoms with van der Waals surface area (Å²) in [6.45, 7) is 2.93. The first kappa shape index (κ1) is 24.2. The molecule has 0 atom stereocenters. The van der Waals surface area contributed by atoms with Crippen LogP contribution in [-0.2, 0) is 14.9 Å². The summed E-state index contributed by atoms with van der Waals surface area (Å²) in [4.78, 5) is 28.5. The van der Waals surface area contributed by atoms with Gasteiger partial charge in [0, 0.05) is 30.7 Å². The lowest BCUT2D eigenvalue weighted by atomic mass is 9.70. The molecule has 2 aromatic rings. The number of aromatic nitrogens is 1. The maximum atomic E-state index is 12.9. The van der Waals surface area contributed by atoms with Crippen molar-refractivity contribution in [1.82, 2.24) is 9.88 Å². The fourth-order valence-electron chi connectivity index (χ4n) is 4.00. The molecular weight excluding hydrogens is 436 g/mol. The summed E-state index contributed by atoms with van der Waals surface area (Å²) < 4.78 is 35.1. The summed E-state index contributed by atoms with van der Waals surface area (Å²) in [5, 5.41) is 11.9. The first-order chi connectivity index (χ1) is 15.6. The van der Waals surface area contributed by atoms with Crippen LogP contribution in [0.3, 0.4) is 0 Å². The van der Waals surface area contributed by atoms with Gasteiger partial charge in [0.15, 0.2) is 6.61 Å². The van der Waals surface area contributed by atoms with E-state index in [4.69, 9.17) is 9.84 Å². The molecule has 2 N–H and O–H groups in total. The predicted molar refractivity (Wildman–Crippen MR) is 117 cm³/mol. The summed E-state index contributed by atoms with van der Waals surface area (Å²) in [6, 6.07) is 11.2. The van der Waals surface area contributed by atoms with Gasteiger partial charge in [0.05, 0.1) is 5.69 Å². The van der Waals surface area contributed by atoms with Crippen LogP contribution < -0.4 is 10.1 Å². The van der Waals surface area contributed by atoms with E-state index in [0.717, 1.165) is 11.1 Å². The minimum Gasteiger partial charge on any atom is -0.479 e. The van der Waals surface area contributed by atoms with Crippen LogP contribution in [0, 0.1) is 6.92 Å². The monoisotopic (exact) mass is 463 g/mol. The lowest BCUT2D eigenvalue weighted by Crippen LogP contribution is -2.64. The highest BCUT2D eigenvalue weighted by atomic mass is 19.3. The number of carboxylic acids is 1. The number of benzene rings is 1. The Morgan fingerprint density at radius 1 is 1.21 bits per heavy atom. The number of carbonyl (C=O) groups excluding carboxylic acids is 1. The molecule has 0 bridgehead atoms. The highest BCUT2D eigenvalue weighted by Gasteiger charge is 2.48. The van der Waals surface area contributed by atoms with E-state index in [1.54, 1.807) is 19.1 Å². The molecule has 0 spiro atoms. The number of carbonyl (C=O) groups is 2. The van der Waals surface area contributed by atoms with E-state index >= 15 is 0 Å². The van der Waals surface area contributed by atoms with Gasteiger partial charge in [-0.05, 0) is 36.1 Å². The molecule has 8 nitrogen and oxygen atoms in total. The molecule has 1 aromatic heterocycles. The van der Waals surface area contributed by atoms with Crippen molar-refractivity contribution < 1.29 is 33.0 Å². The summed E-state index contributed by atoms with van der Waals surface area (Å²) in [5.74, 6) is -1.22. The van der Waals surface area contributed by atoms with Gasteiger partial charge in [0.1, 0.15) is 0 Å². The number of hydrogen-bond acceptors (Lipinski definition) is 6. The number of likely N-dealkylation sites (tertiary alicyclic amines) is 1. The van der Waals surface area contributed by atoms with E-state index in [2.05, 4.69) is 28.9 Å². The van der Waals surface area contributed by atoms with Gasteiger partial charge >= 0.3 is 18.7 Å². The highest BCUT2D eigenvalue weighted by Crippen LogP contribution is 2.40. The Labute approximate surface area is 190 Å². The number of amides is 1. The highest BCUT2D eigenvalue weighted by molar-refractivity contribution is 5.75. The standard InChI is InChI=1S/C23H27F2N3O5/c1-14(2)16-6-4-5-7-17(16)23(12-28(13-23)22(31)32-10-19(29)30)11-26-18-9-8-15(3)27-20(18)33-21(24)25/h4-9,14,21,26H,10-13H2,1-3H3,(H,29,30). The zero-order chi connectivity index (χ0) is 24.2. The minimum atomic E-state index is -3.02. The number of hydrogen-bond donors (Lipinski definition) is 2. The molecule has 1 aromatic carbocycles. The van der Waals surface area contributed by atoms with Crippen molar-refractivity contribution in [2.24, 2.45) is 0 Å². The van der Waals surface area contributed by atoms with E-state index in [0.29, 0.717) is 17.9 Å². The molecule has 3 rings (SSSR count). The number of nitrogens with one attached hydrogen (secondary N) is 1. The Morgan fingerprint density at radius 2 is 1.91 bits per heavy atom. The maximum Gasteiger partial charge on any atom is 0.410 e. The Bertz CT molecular complexity index is 1010. The summed E-state index contributed by atoms with van der Waals surface area (Å²) >= 11 is 0. The first-order valence-corrected chi connectivity index (χ1v) is 10.5. The minimum absolute atomic E-state index is 0.200. The third kappa shape index (κ3) is 5.68. The number of pyridine rings is 1. The largest absolute Gasteiger partial charge is 0.479 e. The molecule has 1 aliphatic heterocycles. The third-order valence-corrected chi connectivity index (χ3v) is 5.54. The van der Waals surface area contributed by atoms with Crippen molar-refractivity contribution >= 4 is 17.7 Å². The first-order valence-electron chi connectivity index (χ1n) is 10.5. The topological polar surface area (TPSA) is 101 Å². The van der Waals surface area contributed by atoms with Crippen molar-refractivity contribution in [2.45, 2.75) is 38.7 Å². The maximum absolute atomic E-state index is 12.9. The van der Waals surface area contributed by atoms with Gasteiger partial charge in [-0.1, -0.05) is 38.1 Å². The van der Waals surface area contributed by atoms with Gasteiger partial charge in [-0.2, -0.15) is 8.78 Å². The number of ether oxygens (including phenoxy) is 2. The Balaban J connectivity index is 1.86. The van der Waals surface area contributed by atoms with Gasteiger partial charge < -0.3 is 24.8 Å². The number of alkyl halides is 2. The van der Waals surface area contributed by atoms with Gasteiger partial charge in [-0.15, -0.1) is 0 Å². The van der Waals surface area contributed by atoms with Crippen LogP contribution in [0.1, 0.15) is 36.6 Å². The van der Waals surface area contributed by atoms with Crippen molar-refractivity contribution in [1.29, 1.82) is 0 Å². The number of anilines is 1. The van der Waals surface area contributed by atoms with E-state index in [-0.39, 0.29) is 24.9 Å². The van der Waals surface area contributed by atoms with Crippen LogP contribution in [0.15, 0.2) is 36.4 Å². The van der Waals surface area contributed by atoms with Gasteiger partial charge in [0.25, 0.3) is 0 Å². The van der Waals surface area contributed by atoms with Crippen LogP contribution in [0.2, 0.25) is 0 Å². The molecule has 0 aliphatic carbocycles. The van der Waals surface area contributed by atoms with E-state index in [1.807, 2.05) is 24.3 Å². The van der Waals surface area contributed by atoms with E-state index < -0.39 is 30.7 Å². The molecule has 0 saturated carbocycles. The lowest BCUT2D eigenvalue weighted by Gasteiger charge is -2.51. The molecule has 10 heteroatoms. The molecular formula is C23H27F2N3O5. The second-order valence-corrected chi connectivity index (χ2v) is 8.36. The summed E-state index contributed by atoms with van der Waals surface area (Å²) in [7, 11) is 0. The number of rotatable bonds is 9. The van der Waals surface area contributed by atoms with Crippen LogP contribution in [-0.4, -0.2) is 59.9 Å². The summed E-state index contributed by atoms with van der Waals surface area (Å²) in [5.41, 5.74) is 2.42. The lowest BCUT2D eigenvalue weighted by molar-refractivity contribution is -0.140. The quantitative estimate of drug-likeness (QED) is 0.580. The van der Waals surface area contributed by atoms with Crippen molar-refractivity contribution in [2.75, 3.05) is 31.6 Å². The smallest absolute Gasteiger partial charge is 0.410 e. The average Bonchev–Trinajstić information content (AvgIpc) is 2.72. The Morgan fingerprint density at radius 3 is 2.55 bits per heavy atom. The number of aryl methyl sites for hydroxylation is 1. The molecule has 178 valence electrons. The summed E-state index contributed by atoms with van der Waals surface area (Å²) in [6.07, 6.45) is -0.714. The van der Waals surface area contributed by atoms with Gasteiger partial charge in [-0.25, -0.2) is 14.6 Å². The fraction of sp³-hybridized carbons (Fsp3) is 0.435. The van der Waals surface area contributed by atoms with Crippen LogP contribution in [0.5, 0.6) is 5.88 Å². The van der Waals surface area contributed by atoms with E-state index in [1.165, 1.54) is 4.90 Å². The van der Waals surface area contributed by atoms with Crippen molar-refractivity contribution in [3.05, 3.63) is 53.2 Å². The average molecular weight is 463 g/mol. The molecule has 0 radical (unpaired) electrons. The predicted octanol–water partition coefficient (Wildman–Crippen LogP) is 4.00. The van der Waals surface area contributed by atoms with Crippen LogP contribution >= 0.6 is 0 Å². The fourth-order valence-corrected chi connectivity index (χ4v) is 4.00. The molecule has 2 heterocycles. The SMILES string of the molecule is Cc1ccc(NCC2(c3ccccc3C(C)C)CN(C(=O)OCC(=O)O)C2)c(OC(F)F)n1. The number of nitrogens with zero attached hydrogens (tertiary/aromatic N) is 2. The number of aliphatic carboxylic acids is 1. The molecule has 33 heavy (non-hydrogen) atoms. The normalized spacial score (nSPS) is 14.7. The Hall–Kier alpha value is -3.43. The molecule has 1 fully saturated rings. The van der Waals surface area contributed by atoms with E-state index in [9.17, 15) is 18.4 Å². The number of carboxylic acid groups (broad SMARTS) is 1. The zero-order valence-electron chi connectivity index (χ0n) is 18.7. The second-order valence-electron chi connectivity index (χ2n) is 8.36. The van der Waals surface area contributed by atoms with Crippen molar-refractivity contribution in [3.8, 4) is 5.88 Å². The molecule has 1 saturated heterocycles. The zero-order valence-corrected chi connectivity index (χ0v) is 18.7. The molecule has 0 unspecified atom stereocenters. The number of halogens is 2. The Kier molecular flexibility index (Phi) is 7.35. The second kappa shape index (κ2) is 10.0. The van der Waals surface area contributed by atoms with Gasteiger partial charge in [0.2, 0.25) is 5.88 Å². The third-order valence-electron chi connectivity index (χ3n) is 5.54.